The molecule has 0 atom stereocenters. The summed E-state index contributed by atoms with van der Waals surface area (Å²) < 4.78 is 27.0. The molecule has 0 bridgehead atoms. The summed E-state index contributed by atoms with van der Waals surface area (Å²) in [5.41, 5.74) is 3.45. The molecule has 1 aliphatic heterocycles. The average Bonchev–Trinajstić information content (AvgIpc) is 3.67. The van der Waals surface area contributed by atoms with Crippen LogP contribution in [0.3, 0.4) is 0 Å². The Bertz CT molecular complexity index is 1550. The molecule has 2 amide bonds. The molecule has 0 unspecified atom stereocenters. The summed E-state index contributed by atoms with van der Waals surface area (Å²) in [6.07, 6.45) is 2.62. The number of benzene rings is 3. The molecule has 10 nitrogen and oxygen atoms in total. The number of methoxy groups -OCH3 is 3. The second kappa shape index (κ2) is 13.3. The van der Waals surface area contributed by atoms with Crippen LogP contribution >= 0.6 is 0 Å². The molecule has 0 aliphatic carbocycles. The standard InChI is InChI=1S/C32H35N3O7/c1-38-15-14-35(32(37)23-9-11-28-30(17-23)42-21-41-28)20-31(36)34(19-22-8-10-27(39-2)29(16-22)40-3)13-12-24-18-33-26-7-5-4-6-25(24)26/h4-11,16-18,33H,12-15,19-21H2,1-3H3. The second-order valence-electron chi connectivity index (χ2n) is 9.90. The quantitative estimate of drug-likeness (QED) is 0.255. The van der Waals surface area contributed by atoms with Gasteiger partial charge in [0.05, 0.1) is 20.8 Å². The van der Waals surface area contributed by atoms with Crippen LogP contribution in [0.1, 0.15) is 21.5 Å². The van der Waals surface area contributed by atoms with E-state index in [2.05, 4.69) is 11.1 Å². The van der Waals surface area contributed by atoms with E-state index < -0.39 is 0 Å². The Labute approximate surface area is 244 Å². The Kier molecular flexibility index (Phi) is 9.13. The zero-order valence-corrected chi connectivity index (χ0v) is 24.1. The third-order valence-electron chi connectivity index (χ3n) is 7.30. The van der Waals surface area contributed by atoms with Gasteiger partial charge in [0.2, 0.25) is 12.7 Å². The predicted molar refractivity (Wildman–Crippen MR) is 157 cm³/mol. The lowest BCUT2D eigenvalue weighted by Crippen LogP contribution is -2.44. The Morgan fingerprint density at radius 3 is 2.50 bits per heavy atom. The summed E-state index contributed by atoms with van der Waals surface area (Å²) >= 11 is 0. The fourth-order valence-corrected chi connectivity index (χ4v) is 5.01. The molecule has 4 aromatic rings. The average molecular weight is 574 g/mol. The topological polar surface area (TPSA) is 103 Å². The Balaban J connectivity index is 1.38. The summed E-state index contributed by atoms with van der Waals surface area (Å²) in [5.74, 6) is 1.81. The molecule has 1 aliphatic rings. The fourth-order valence-electron chi connectivity index (χ4n) is 5.01. The van der Waals surface area contributed by atoms with Crippen molar-refractivity contribution >= 4 is 22.7 Å². The maximum Gasteiger partial charge on any atom is 0.254 e. The van der Waals surface area contributed by atoms with E-state index in [9.17, 15) is 9.59 Å². The van der Waals surface area contributed by atoms with Crippen LogP contribution in [0.2, 0.25) is 0 Å². The van der Waals surface area contributed by atoms with Crippen LogP contribution in [0.25, 0.3) is 10.9 Å². The van der Waals surface area contributed by atoms with Crippen molar-refractivity contribution < 1.29 is 33.3 Å². The van der Waals surface area contributed by atoms with E-state index in [1.165, 1.54) is 4.90 Å². The van der Waals surface area contributed by atoms with Gasteiger partial charge in [-0.1, -0.05) is 24.3 Å². The number of aromatic amines is 1. The maximum atomic E-state index is 13.9. The molecule has 0 saturated carbocycles. The number of hydrogen-bond donors (Lipinski definition) is 1. The molecule has 220 valence electrons. The van der Waals surface area contributed by atoms with E-state index in [-0.39, 0.29) is 38.3 Å². The van der Waals surface area contributed by atoms with Gasteiger partial charge in [-0.15, -0.1) is 0 Å². The van der Waals surface area contributed by atoms with Crippen molar-refractivity contribution in [2.75, 3.05) is 54.4 Å². The number of carbonyl (C=O) groups excluding carboxylic acids is 2. The highest BCUT2D eigenvalue weighted by Gasteiger charge is 2.25. The number of aromatic nitrogens is 1. The van der Waals surface area contributed by atoms with Gasteiger partial charge in [0.1, 0.15) is 6.54 Å². The Hall–Kier alpha value is -4.70. The second-order valence-corrected chi connectivity index (χ2v) is 9.90. The smallest absolute Gasteiger partial charge is 0.254 e. The minimum Gasteiger partial charge on any atom is -0.493 e. The number of hydrogen-bond acceptors (Lipinski definition) is 7. The lowest BCUT2D eigenvalue weighted by Gasteiger charge is -2.28. The minimum atomic E-state index is -0.290. The number of nitrogens with zero attached hydrogens (tertiary/aromatic N) is 2. The zero-order chi connectivity index (χ0) is 29.5. The van der Waals surface area contributed by atoms with E-state index in [1.807, 2.05) is 42.6 Å². The van der Waals surface area contributed by atoms with Gasteiger partial charge in [0.15, 0.2) is 23.0 Å². The molecule has 0 radical (unpaired) electrons. The van der Waals surface area contributed by atoms with Gasteiger partial charge in [0.25, 0.3) is 5.91 Å². The first kappa shape index (κ1) is 28.8. The summed E-state index contributed by atoms with van der Waals surface area (Å²) in [6.45, 7) is 1.32. The molecule has 0 fully saturated rings. The highest BCUT2D eigenvalue weighted by molar-refractivity contribution is 5.97. The fraction of sp³-hybridized carbons (Fsp3) is 0.312. The molecule has 1 N–H and O–H groups in total. The maximum absolute atomic E-state index is 13.9. The van der Waals surface area contributed by atoms with E-state index in [0.29, 0.717) is 48.1 Å². The molecular weight excluding hydrogens is 538 g/mol. The summed E-state index contributed by atoms with van der Waals surface area (Å²) in [5, 5.41) is 1.12. The van der Waals surface area contributed by atoms with Gasteiger partial charge in [-0.2, -0.15) is 0 Å². The van der Waals surface area contributed by atoms with Crippen molar-refractivity contribution in [3.05, 3.63) is 83.6 Å². The molecule has 3 aromatic carbocycles. The monoisotopic (exact) mass is 573 g/mol. The first-order valence-electron chi connectivity index (χ1n) is 13.7. The summed E-state index contributed by atoms with van der Waals surface area (Å²) in [6, 6.07) is 18.7. The number of fused-ring (bicyclic) bond motifs is 2. The van der Waals surface area contributed by atoms with Gasteiger partial charge >= 0.3 is 0 Å². The van der Waals surface area contributed by atoms with Gasteiger partial charge < -0.3 is 38.5 Å². The lowest BCUT2D eigenvalue weighted by atomic mass is 10.1. The van der Waals surface area contributed by atoms with Crippen molar-refractivity contribution in [1.29, 1.82) is 0 Å². The molecule has 0 saturated heterocycles. The van der Waals surface area contributed by atoms with Crippen molar-refractivity contribution in [2.45, 2.75) is 13.0 Å². The normalized spacial score (nSPS) is 11.9. The van der Waals surface area contributed by atoms with E-state index in [0.717, 1.165) is 22.0 Å². The minimum absolute atomic E-state index is 0.111. The number of nitrogens with one attached hydrogen (secondary N) is 1. The number of carbonyl (C=O) groups is 2. The van der Waals surface area contributed by atoms with Crippen molar-refractivity contribution in [2.24, 2.45) is 0 Å². The van der Waals surface area contributed by atoms with E-state index in [4.69, 9.17) is 23.7 Å². The Morgan fingerprint density at radius 2 is 1.69 bits per heavy atom. The van der Waals surface area contributed by atoms with Gasteiger partial charge in [-0.25, -0.2) is 0 Å². The molecule has 5 rings (SSSR count). The highest BCUT2D eigenvalue weighted by atomic mass is 16.7. The summed E-state index contributed by atoms with van der Waals surface area (Å²) in [7, 11) is 4.73. The number of amides is 2. The predicted octanol–water partition coefficient (Wildman–Crippen LogP) is 4.27. The largest absolute Gasteiger partial charge is 0.493 e. The third kappa shape index (κ3) is 6.44. The van der Waals surface area contributed by atoms with Crippen LogP contribution in [0.15, 0.2) is 66.9 Å². The number of para-hydroxylation sites is 1. The lowest BCUT2D eigenvalue weighted by molar-refractivity contribution is -0.132. The molecule has 2 heterocycles. The number of H-pyrrole nitrogens is 1. The van der Waals surface area contributed by atoms with Crippen molar-refractivity contribution in [3.63, 3.8) is 0 Å². The van der Waals surface area contributed by atoms with Gasteiger partial charge in [0, 0.05) is 49.4 Å². The number of rotatable bonds is 13. The molecule has 1 aromatic heterocycles. The number of ether oxygens (including phenoxy) is 5. The molecule has 10 heteroatoms. The van der Waals surface area contributed by atoms with Crippen LogP contribution in [0.5, 0.6) is 23.0 Å². The third-order valence-corrected chi connectivity index (χ3v) is 7.30. The van der Waals surface area contributed by atoms with Gasteiger partial charge in [-0.3, -0.25) is 9.59 Å². The van der Waals surface area contributed by atoms with Crippen molar-refractivity contribution in [1.82, 2.24) is 14.8 Å². The summed E-state index contributed by atoms with van der Waals surface area (Å²) in [4.78, 5) is 34.1. The molecule has 42 heavy (non-hydrogen) atoms. The van der Waals surface area contributed by atoms with Crippen LogP contribution < -0.4 is 18.9 Å². The SMILES string of the molecule is COCCN(CC(=O)N(CCc1c[nH]c2ccccc12)Cc1ccc(OC)c(OC)c1)C(=O)c1ccc2c(c1)OCO2. The molecule has 0 spiro atoms. The van der Waals surface area contributed by atoms with E-state index in [1.54, 1.807) is 44.4 Å². The van der Waals surface area contributed by atoms with Crippen LogP contribution in [-0.4, -0.2) is 81.0 Å². The first-order valence-corrected chi connectivity index (χ1v) is 13.7. The first-order chi connectivity index (χ1) is 20.5. The van der Waals surface area contributed by atoms with Crippen molar-refractivity contribution in [3.8, 4) is 23.0 Å². The Morgan fingerprint density at radius 1 is 0.881 bits per heavy atom. The zero-order valence-electron chi connectivity index (χ0n) is 24.1. The molecular formula is C32H35N3O7. The van der Waals surface area contributed by atoms with Gasteiger partial charge in [-0.05, 0) is 53.9 Å². The van der Waals surface area contributed by atoms with Crippen LogP contribution in [0.4, 0.5) is 0 Å². The van der Waals surface area contributed by atoms with Crippen LogP contribution in [-0.2, 0) is 22.5 Å². The highest BCUT2D eigenvalue weighted by Crippen LogP contribution is 2.33. The van der Waals surface area contributed by atoms with Crippen LogP contribution in [0, 0.1) is 0 Å². The van der Waals surface area contributed by atoms with E-state index >= 15 is 0 Å².